The lowest BCUT2D eigenvalue weighted by atomic mass is 10.0. The molecule has 0 amide bonds. The molecule has 1 aromatic heterocycles. The Balaban J connectivity index is 1.32. The first-order valence-electron chi connectivity index (χ1n) is 9.76. The van der Waals surface area contributed by atoms with Gasteiger partial charge >= 0.3 is 5.69 Å². The summed E-state index contributed by atoms with van der Waals surface area (Å²) in [4.78, 5) is 14.6. The van der Waals surface area contributed by atoms with Crippen LogP contribution in [0.2, 0.25) is 0 Å². The number of nitrogens with zero attached hydrogens (tertiary/aromatic N) is 3. The lowest BCUT2D eigenvalue weighted by Crippen LogP contribution is -2.41. The fourth-order valence-corrected chi connectivity index (χ4v) is 4.06. The Morgan fingerprint density at radius 2 is 1.63 bits per heavy atom. The molecule has 142 valence electrons. The van der Waals surface area contributed by atoms with Crippen LogP contribution in [0.25, 0.3) is 11.0 Å². The van der Waals surface area contributed by atoms with Crippen molar-refractivity contribution in [2.75, 3.05) is 13.1 Å². The molecule has 3 aromatic rings. The summed E-state index contributed by atoms with van der Waals surface area (Å²) in [6.45, 7) is 4.17. The minimum atomic E-state index is 0.0286. The van der Waals surface area contributed by atoms with E-state index < -0.39 is 0 Å². The Labute approximate surface area is 160 Å². The molecule has 0 atom stereocenters. The largest absolute Gasteiger partial charge is 0.328 e. The molecule has 0 unspecified atom stereocenters. The van der Waals surface area contributed by atoms with Crippen LogP contribution >= 0.6 is 0 Å². The van der Waals surface area contributed by atoms with Crippen LogP contribution in [-0.4, -0.2) is 33.2 Å². The van der Waals surface area contributed by atoms with Gasteiger partial charge in [-0.1, -0.05) is 36.4 Å². The maximum atomic E-state index is 12.1. The summed E-state index contributed by atoms with van der Waals surface area (Å²) in [7, 11) is 3.66. The first-order valence-corrected chi connectivity index (χ1v) is 9.76. The quantitative estimate of drug-likeness (QED) is 0.757. The van der Waals surface area contributed by atoms with E-state index in [0.717, 1.165) is 37.2 Å². The predicted molar refractivity (Wildman–Crippen MR) is 110 cm³/mol. The van der Waals surface area contributed by atoms with Gasteiger partial charge in [-0.05, 0) is 49.2 Å². The highest BCUT2D eigenvalue weighted by atomic mass is 16.1. The highest BCUT2D eigenvalue weighted by Crippen LogP contribution is 2.17. The second kappa shape index (κ2) is 7.71. The van der Waals surface area contributed by atoms with Crippen LogP contribution in [0.5, 0.6) is 0 Å². The maximum Gasteiger partial charge on any atom is 0.328 e. The molecule has 2 heterocycles. The highest BCUT2D eigenvalue weighted by molar-refractivity contribution is 5.76. The summed E-state index contributed by atoms with van der Waals surface area (Å²) in [5, 5.41) is 3.71. The summed E-state index contributed by atoms with van der Waals surface area (Å²) in [5.41, 5.74) is 4.64. The summed E-state index contributed by atoms with van der Waals surface area (Å²) < 4.78 is 3.43. The lowest BCUT2D eigenvalue weighted by Gasteiger charge is -2.32. The average molecular weight is 364 g/mol. The van der Waals surface area contributed by atoms with Crippen LogP contribution in [-0.2, 0) is 27.2 Å². The fourth-order valence-electron chi connectivity index (χ4n) is 4.06. The van der Waals surface area contributed by atoms with Crippen LogP contribution in [0.15, 0.2) is 53.3 Å². The van der Waals surface area contributed by atoms with E-state index in [1.54, 1.807) is 9.13 Å². The maximum absolute atomic E-state index is 12.1. The number of aryl methyl sites for hydroxylation is 2. The van der Waals surface area contributed by atoms with Gasteiger partial charge in [0, 0.05) is 33.2 Å². The van der Waals surface area contributed by atoms with E-state index in [0.29, 0.717) is 6.04 Å². The Morgan fingerprint density at radius 3 is 2.37 bits per heavy atom. The zero-order valence-electron chi connectivity index (χ0n) is 16.2. The van der Waals surface area contributed by atoms with Gasteiger partial charge in [-0.25, -0.2) is 4.79 Å². The van der Waals surface area contributed by atoms with Gasteiger partial charge in [0.15, 0.2) is 0 Å². The predicted octanol–water partition coefficient (Wildman–Crippen LogP) is 2.63. The van der Waals surface area contributed by atoms with Crippen LogP contribution < -0.4 is 11.0 Å². The Hall–Kier alpha value is -2.37. The Bertz CT molecular complexity index is 965. The van der Waals surface area contributed by atoms with E-state index in [-0.39, 0.29) is 5.69 Å². The summed E-state index contributed by atoms with van der Waals surface area (Å²) in [6, 6.07) is 17.6. The Morgan fingerprint density at radius 1 is 0.926 bits per heavy atom. The van der Waals surface area contributed by atoms with Gasteiger partial charge in [0.05, 0.1) is 11.0 Å². The molecule has 0 radical (unpaired) electrons. The third-order valence-corrected chi connectivity index (χ3v) is 5.77. The number of imidazole rings is 1. The smallest absolute Gasteiger partial charge is 0.310 e. The molecule has 1 aliphatic heterocycles. The Kier molecular flexibility index (Phi) is 5.14. The molecule has 1 fully saturated rings. The number of rotatable bonds is 5. The van der Waals surface area contributed by atoms with Crippen molar-refractivity contribution >= 4 is 11.0 Å². The number of benzene rings is 2. The minimum absolute atomic E-state index is 0.0286. The number of aromatic nitrogens is 2. The second-order valence-corrected chi connectivity index (χ2v) is 7.64. The molecule has 1 aliphatic rings. The number of likely N-dealkylation sites (tertiary alicyclic amines) is 1. The molecule has 1 saturated heterocycles. The zero-order chi connectivity index (χ0) is 18.8. The molecule has 0 saturated carbocycles. The van der Waals surface area contributed by atoms with Crippen molar-refractivity contribution < 1.29 is 0 Å². The first-order chi connectivity index (χ1) is 13.1. The molecule has 1 N–H and O–H groups in total. The third kappa shape index (κ3) is 3.84. The summed E-state index contributed by atoms with van der Waals surface area (Å²) in [6.07, 6.45) is 2.36. The minimum Gasteiger partial charge on any atom is -0.310 e. The van der Waals surface area contributed by atoms with Crippen molar-refractivity contribution in [3.05, 3.63) is 70.1 Å². The van der Waals surface area contributed by atoms with E-state index >= 15 is 0 Å². The molecule has 5 heteroatoms. The molecule has 27 heavy (non-hydrogen) atoms. The topological polar surface area (TPSA) is 42.2 Å². The summed E-state index contributed by atoms with van der Waals surface area (Å²) >= 11 is 0. The van der Waals surface area contributed by atoms with Gasteiger partial charge in [-0.15, -0.1) is 0 Å². The van der Waals surface area contributed by atoms with Crippen LogP contribution in [0.1, 0.15) is 24.0 Å². The molecule has 0 bridgehead atoms. The van der Waals surface area contributed by atoms with Crippen LogP contribution in [0, 0.1) is 0 Å². The monoisotopic (exact) mass is 364 g/mol. The third-order valence-electron chi connectivity index (χ3n) is 5.77. The van der Waals surface area contributed by atoms with E-state index in [1.165, 1.54) is 24.0 Å². The summed E-state index contributed by atoms with van der Waals surface area (Å²) in [5.74, 6) is 0. The van der Waals surface area contributed by atoms with Gasteiger partial charge in [-0.3, -0.25) is 14.0 Å². The number of piperidine rings is 1. The molecule has 5 nitrogen and oxygen atoms in total. The van der Waals surface area contributed by atoms with Crippen molar-refractivity contribution in [3.8, 4) is 0 Å². The highest BCUT2D eigenvalue weighted by Gasteiger charge is 2.19. The molecule has 4 rings (SSSR count). The van der Waals surface area contributed by atoms with Gasteiger partial charge in [0.25, 0.3) is 0 Å². The van der Waals surface area contributed by atoms with Crippen LogP contribution in [0.4, 0.5) is 0 Å². The van der Waals surface area contributed by atoms with Gasteiger partial charge in [0.1, 0.15) is 0 Å². The number of nitrogens with one attached hydrogen (secondary N) is 1. The SMILES string of the molecule is Cn1c(=O)n(C)c2cc(CNC3CCN(Cc4ccccc4)CC3)ccc21. The van der Waals surface area contributed by atoms with E-state index in [2.05, 4.69) is 58.7 Å². The van der Waals surface area contributed by atoms with Crippen molar-refractivity contribution in [1.29, 1.82) is 0 Å². The molecule has 0 spiro atoms. The number of hydrogen-bond acceptors (Lipinski definition) is 3. The standard InChI is InChI=1S/C22H28N4O/c1-24-20-9-8-18(14-21(20)25(2)22(24)27)15-23-19-10-12-26(13-11-19)16-17-6-4-3-5-7-17/h3-9,14,19,23H,10-13,15-16H2,1-2H3. The normalized spacial score (nSPS) is 16.2. The van der Waals surface area contributed by atoms with E-state index in [1.807, 2.05) is 14.1 Å². The van der Waals surface area contributed by atoms with Crippen molar-refractivity contribution in [1.82, 2.24) is 19.4 Å². The van der Waals surface area contributed by atoms with Gasteiger partial charge in [-0.2, -0.15) is 0 Å². The lowest BCUT2D eigenvalue weighted by molar-refractivity contribution is 0.190. The zero-order valence-corrected chi connectivity index (χ0v) is 16.2. The second-order valence-electron chi connectivity index (χ2n) is 7.64. The first kappa shape index (κ1) is 18.0. The molecular formula is C22H28N4O. The van der Waals surface area contributed by atoms with E-state index in [9.17, 15) is 4.79 Å². The molecule has 2 aromatic carbocycles. The molecular weight excluding hydrogens is 336 g/mol. The van der Waals surface area contributed by atoms with Crippen molar-refractivity contribution in [3.63, 3.8) is 0 Å². The number of hydrogen-bond donors (Lipinski definition) is 1. The van der Waals surface area contributed by atoms with E-state index in [4.69, 9.17) is 0 Å². The van der Waals surface area contributed by atoms with Gasteiger partial charge < -0.3 is 5.32 Å². The number of fused-ring (bicyclic) bond motifs is 1. The molecule has 0 aliphatic carbocycles. The van der Waals surface area contributed by atoms with Crippen molar-refractivity contribution in [2.45, 2.75) is 32.0 Å². The average Bonchev–Trinajstić information content (AvgIpc) is 2.92. The van der Waals surface area contributed by atoms with Gasteiger partial charge in [0.2, 0.25) is 0 Å². The fraction of sp³-hybridized carbons (Fsp3) is 0.409. The van der Waals surface area contributed by atoms with Crippen molar-refractivity contribution in [2.24, 2.45) is 14.1 Å². The van der Waals surface area contributed by atoms with Crippen LogP contribution in [0.3, 0.4) is 0 Å².